The molecule has 2 aliphatic heterocycles. The number of hydrogen-bond acceptors (Lipinski definition) is 4. The van der Waals surface area contributed by atoms with Crippen LogP contribution in [-0.4, -0.2) is 27.9 Å². The third kappa shape index (κ3) is 3.48. The van der Waals surface area contributed by atoms with Crippen LogP contribution in [0.1, 0.15) is 43.5 Å². The van der Waals surface area contributed by atoms with E-state index in [0.717, 1.165) is 49.4 Å². The number of nitrogens with zero attached hydrogens (tertiary/aromatic N) is 2. The number of hydrogen-bond donors (Lipinski definition) is 0. The molecule has 1 aromatic carbocycles. The lowest BCUT2D eigenvalue weighted by molar-refractivity contribution is -0.0433. The highest BCUT2D eigenvalue weighted by molar-refractivity contribution is 7.71. The van der Waals surface area contributed by atoms with E-state index in [1.165, 1.54) is 11.3 Å². The van der Waals surface area contributed by atoms with Crippen LogP contribution in [0.5, 0.6) is 0 Å². The Balaban J connectivity index is 1.87. The molecule has 1 fully saturated rings. The molecule has 138 valence electrons. The lowest BCUT2D eigenvalue weighted by Gasteiger charge is -2.34. The summed E-state index contributed by atoms with van der Waals surface area (Å²) in [6, 6.07) is 8.52. The Hall–Kier alpha value is -1.56. The van der Waals surface area contributed by atoms with E-state index in [1.807, 2.05) is 0 Å². The maximum Gasteiger partial charge on any atom is 0.141 e. The zero-order valence-corrected chi connectivity index (χ0v) is 16.6. The van der Waals surface area contributed by atoms with Crippen LogP contribution in [0.4, 0.5) is 0 Å². The smallest absolute Gasteiger partial charge is 0.141 e. The van der Waals surface area contributed by atoms with E-state index in [0.29, 0.717) is 11.2 Å². The maximum atomic E-state index is 6.01. The average Bonchev–Trinajstić information content (AvgIpc) is 3.10. The molecular weight excluding hydrogens is 344 g/mol. The van der Waals surface area contributed by atoms with Gasteiger partial charge in [0, 0.05) is 29.8 Å². The quantitative estimate of drug-likeness (QED) is 0.739. The van der Waals surface area contributed by atoms with Crippen LogP contribution in [0.25, 0.3) is 11.4 Å². The molecule has 1 aromatic heterocycles. The van der Waals surface area contributed by atoms with Gasteiger partial charge in [0.25, 0.3) is 0 Å². The summed E-state index contributed by atoms with van der Waals surface area (Å²) in [6.45, 7) is 8.60. The number of rotatable bonds is 3. The SMILES string of the molecule is Cc1ccc(-c2nc(=S)c3c(n2C[C@@H]2CCCO2)CC(C)(C)OC3)cc1. The number of ether oxygens (including phenoxy) is 2. The van der Waals surface area contributed by atoms with Gasteiger partial charge in [-0.2, -0.15) is 0 Å². The summed E-state index contributed by atoms with van der Waals surface area (Å²) in [5.74, 6) is 0.946. The van der Waals surface area contributed by atoms with Gasteiger partial charge in [-0.3, -0.25) is 0 Å². The highest BCUT2D eigenvalue weighted by Gasteiger charge is 2.31. The van der Waals surface area contributed by atoms with E-state index in [9.17, 15) is 0 Å². The van der Waals surface area contributed by atoms with Crippen molar-refractivity contribution < 1.29 is 9.47 Å². The molecular formula is C21H26N2O2S. The molecule has 1 saturated heterocycles. The molecule has 0 saturated carbocycles. The Kier molecular flexibility index (Phi) is 4.71. The lowest BCUT2D eigenvalue weighted by atomic mass is 9.95. The summed E-state index contributed by atoms with van der Waals surface area (Å²) >= 11 is 5.63. The minimum Gasteiger partial charge on any atom is -0.376 e. The molecule has 4 nitrogen and oxygen atoms in total. The molecule has 0 spiro atoms. The van der Waals surface area contributed by atoms with Gasteiger partial charge >= 0.3 is 0 Å². The number of aryl methyl sites for hydroxylation is 1. The van der Waals surface area contributed by atoms with E-state index in [-0.39, 0.29) is 11.7 Å². The Labute approximate surface area is 160 Å². The van der Waals surface area contributed by atoms with Crippen molar-refractivity contribution in [2.24, 2.45) is 0 Å². The highest BCUT2D eigenvalue weighted by Crippen LogP contribution is 2.32. The Morgan fingerprint density at radius 2 is 2.04 bits per heavy atom. The van der Waals surface area contributed by atoms with Crippen molar-refractivity contribution >= 4 is 12.2 Å². The van der Waals surface area contributed by atoms with Crippen LogP contribution in [0.15, 0.2) is 24.3 Å². The van der Waals surface area contributed by atoms with E-state index in [2.05, 4.69) is 49.6 Å². The maximum absolute atomic E-state index is 6.01. The Bertz CT molecular complexity index is 865. The Morgan fingerprint density at radius 1 is 1.27 bits per heavy atom. The summed E-state index contributed by atoms with van der Waals surface area (Å²) < 4.78 is 14.9. The van der Waals surface area contributed by atoms with Gasteiger partial charge in [0.15, 0.2) is 0 Å². The zero-order chi connectivity index (χ0) is 18.3. The van der Waals surface area contributed by atoms with Gasteiger partial charge in [0.2, 0.25) is 0 Å². The third-order valence-corrected chi connectivity index (χ3v) is 5.65. The molecule has 2 aromatic rings. The lowest BCUT2D eigenvalue weighted by Crippen LogP contribution is -2.36. The van der Waals surface area contributed by atoms with Crippen molar-refractivity contribution in [3.05, 3.63) is 45.7 Å². The normalized spacial score (nSPS) is 21.6. The van der Waals surface area contributed by atoms with Crippen molar-refractivity contribution in [3.63, 3.8) is 0 Å². The van der Waals surface area contributed by atoms with E-state index in [1.54, 1.807) is 0 Å². The molecule has 0 unspecified atom stereocenters. The molecule has 0 aliphatic carbocycles. The molecule has 2 aliphatic rings. The van der Waals surface area contributed by atoms with E-state index in [4.69, 9.17) is 26.7 Å². The molecule has 0 radical (unpaired) electrons. The zero-order valence-electron chi connectivity index (χ0n) is 15.7. The third-order valence-electron chi connectivity index (χ3n) is 5.32. The van der Waals surface area contributed by atoms with Crippen LogP contribution < -0.4 is 0 Å². The average molecular weight is 371 g/mol. The van der Waals surface area contributed by atoms with Gasteiger partial charge in [-0.1, -0.05) is 42.0 Å². The molecule has 26 heavy (non-hydrogen) atoms. The van der Waals surface area contributed by atoms with Crippen LogP contribution in [0.3, 0.4) is 0 Å². The van der Waals surface area contributed by atoms with Crippen LogP contribution >= 0.6 is 12.2 Å². The summed E-state index contributed by atoms with van der Waals surface area (Å²) in [5, 5.41) is 0. The van der Waals surface area contributed by atoms with E-state index < -0.39 is 0 Å². The fraction of sp³-hybridized carbons (Fsp3) is 0.524. The van der Waals surface area contributed by atoms with Crippen LogP contribution in [-0.2, 0) is 29.0 Å². The van der Waals surface area contributed by atoms with Gasteiger partial charge < -0.3 is 14.0 Å². The van der Waals surface area contributed by atoms with Gasteiger partial charge in [0.1, 0.15) is 10.5 Å². The monoisotopic (exact) mass is 370 g/mol. The fourth-order valence-corrected chi connectivity index (χ4v) is 4.08. The minimum atomic E-state index is -0.195. The molecule has 4 rings (SSSR count). The molecule has 0 bridgehead atoms. The minimum absolute atomic E-state index is 0.195. The van der Waals surface area contributed by atoms with Gasteiger partial charge in [0.05, 0.1) is 24.9 Å². The predicted molar refractivity (Wildman–Crippen MR) is 105 cm³/mol. The van der Waals surface area contributed by atoms with E-state index >= 15 is 0 Å². The summed E-state index contributed by atoms with van der Waals surface area (Å²) in [6.07, 6.45) is 3.32. The number of benzene rings is 1. The summed E-state index contributed by atoms with van der Waals surface area (Å²) in [5.41, 5.74) is 4.47. The second kappa shape index (κ2) is 6.87. The van der Waals surface area contributed by atoms with Crippen LogP contribution in [0, 0.1) is 11.6 Å². The van der Waals surface area contributed by atoms with Crippen molar-refractivity contribution in [2.75, 3.05) is 6.61 Å². The first kappa shape index (κ1) is 17.8. The highest BCUT2D eigenvalue weighted by atomic mass is 32.1. The van der Waals surface area contributed by atoms with Crippen molar-refractivity contribution in [1.82, 2.24) is 9.55 Å². The second-order valence-electron chi connectivity index (χ2n) is 8.00. The first-order valence-electron chi connectivity index (χ1n) is 9.38. The number of aromatic nitrogens is 2. The fourth-order valence-electron chi connectivity index (χ4n) is 3.82. The topological polar surface area (TPSA) is 36.3 Å². The van der Waals surface area contributed by atoms with Crippen LogP contribution in [0.2, 0.25) is 0 Å². The first-order chi connectivity index (χ1) is 12.4. The summed E-state index contributed by atoms with van der Waals surface area (Å²) in [4.78, 5) is 4.82. The molecule has 5 heteroatoms. The van der Waals surface area contributed by atoms with Gasteiger partial charge in [-0.15, -0.1) is 0 Å². The van der Waals surface area contributed by atoms with Gasteiger partial charge in [-0.25, -0.2) is 4.98 Å². The number of fused-ring (bicyclic) bond motifs is 1. The molecule has 1 atom stereocenters. The Morgan fingerprint density at radius 3 is 2.73 bits per heavy atom. The molecule has 0 amide bonds. The van der Waals surface area contributed by atoms with Crippen molar-refractivity contribution in [3.8, 4) is 11.4 Å². The largest absolute Gasteiger partial charge is 0.376 e. The molecule has 0 N–H and O–H groups in total. The van der Waals surface area contributed by atoms with Crippen molar-refractivity contribution in [2.45, 2.75) is 64.9 Å². The standard InChI is InChI=1S/C21H26N2O2S/c1-14-6-8-15(9-7-14)19-22-20(26)17-13-25-21(2,3)11-18(17)23(19)12-16-5-4-10-24-16/h6-9,16H,4-5,10-13H2,1-3H3/t16-/m0/s1. The predicted octanol–water partition coefficient (Wildman–Crippen LogP) is 4.62. The molecule has 3 heterocycles. The summed E-state index contributed by atoms with van der Waals surface area (Å²) in [7, 11) is 0. The second-order valence-corrected chi connectivity index (χ2v) is 8.39. The van der Waals surface area contributed by atoms with Gasteiger partial charge in [-0.05, 0) is 33.6 Å². The first-order valence-corrected chi connectivity index (χ1v) is 9.79. The van der Waals surface area contributed by atoms with Crippen molar-refractivity contribution in [1.29, 1.82) is 0 Å².